The van der Waals surface area contributed by atoms with Crippen molar-refractivity contribution in [2.75, 3.05) is 17.7 Å². The van der Waals surface area contributed by atoms with Crippen LogP contribution in [-0.2, 0) is 7.05 Å². The van der Waals surface area contributed by atoms with Crippen LogP contribution in [0.5, 0.6) is 0 Å². The highest BCUT2D eigenvalue weighted by atomic mass is 16.1. The van der Waals surface area contributed by atoms with E-state index in [1.807, 2.05) is 37.5 Å². The second-order valence-electron chi connectivity index (χ2n) is 5.91. The molecule has 27 heavy (non-hydrogen) atoms. The van der Waals surface area contributed by atoms with Crippen molar-refractivity contribution in [2.24, 2.45) is 7.05 Å². The highest BCUT2D eigenvalue weighted by Gasteiger charge is 2.14. The number of benzene rings is 1. The van der Waals surface area contributed by atoms with Crippen LogP contribution < -0.4 is 16.0 Å². The lowest BCUT2D eigenvalue weighted by molar-refractivity contribution is 0.0964. The molecular weight excluding hydrogens is 344 g/mol. The maximum absolute atomic E-state index is 12.1. The zero-order valence-electron chi connectivity index (χ0n) is 14.8. The maximum Gasteiger partial charge on any atom is 0.253 e. The van der Waals surface area contributed by atoms with Gasteiger partial charge in [0.1, 0.15) is 11.5 Å². The molecule has 0 radical (unpaired) electrons. The number of aromatic nitrogens is 5. The van der Waals surface area contributed by atoms with Gasteiger partial charge in [-0.1, -0.05) is 12.1 Å². The van der Waals surface area contributed by atoms with Crippen molar-refractivity contribution in [3.8, 4) is 0 Å². The van der Waals surface area contributed by atoms with E-state index in [2.05, 4.69) is 36.0 Å². The maximum atomic E-state index is 12.1. The SMILES string of the molecule is CNC(=O)c1ccccc1Nc1nc(Nc2cnn(C)c2)nc2[nH]ccc12. The van der Waals surface area contributed by atoms with Crippen LogP contribution in [-0.4, -0.2) is 37.7 Å². The first-order valence-electron chi connectivity index (χ1n) is 8.33. The van der Waals surface area contributed by atoms with Crippen LogP contribution in [0.4, 0.5) is 23.1 Å². The Bertz CT molecular complexity index is 1110. The van der Waals surface area contributed by atoms with Crippen LogP contribution in [0.25, 0.3) is 11.0 Å². The van der Waals surface area contributed by atoms with Crippen molar-refractivity contribution in [3.05, 3.63) is 54.5 Å². The molecule has 0 aliphatic rings. The Kier molecular flexibility index (Phi) is 4.17. The predicted octanol–water partition coefficient (Wildman–Crippen LogP) is 2.54. The predicted molar refractivity (Wildman–Crippen MR) is 103 cm³/mol. The third kappa shape index (κ3) is 3.30. The van der Waals surface area contributed by atoms with Crippen molar-refractivity contribution in [1.82, 2.24) is 30.0 Å². The summed E-state index contributed by atoms with van der Waals surface area (Å²) in [4.78, 5) is 24.3. The number of fused-ring (bicyclic) bond motifs is 1. The fourth-order valence-corrected chi connectivity index (χ4v) is 2.76. The number of H-pyrrole nitrogens is 1. The lowest BCUT2D eigenvalue weighted by atomic mass is 10.1. The molecule has 0 aliphatic carbocycles. The third-order valence-electron chi connectivity index (χ3n) is 4.03. The van der Waals surface area contributed by atoms with E-state index in [-0.39, 0.29) is 5.91 Å². The minimum atomic E-state index is -0.175. The van der Waals surface area contributed by atoms with E-state index in [4.69, 9.17) is 0 Å². The number of aromatic amines is 1. The summed E-state index contributed by atoms with van der Waals surface area (Å²) >= 11 is 0. The van der Waals surface area contributed by atoms with Crippen molar-refractivity contribution in [3.63, 3.8) is 0 Å². The van der Waals surface area contributed by atoms with E-state index in [0.717, 1.165) is 11.1 Å². The number of hydrogen-bond acceptors (Lipinski definition) is 6. The van der Waals surface area contributed by atoms with Gasteiger partial charge >= 0.3 is 0 Å². The molecule has 1 amide bonds. The summed E-state index contributed by atoms with van der Waals surface area (Å²) in [6.07, 6.45) is 5.32. The molecule has 4 aromatic rings. The van der Waals surface area contributed by atoms with E-state index in [1.165, 1.54) is 0 Å². The first kappa shape index (κ1) is 16.6. The molecule has 3 aromatic heterocycles. The Labute approximate surface area is 154 Å². The number of amides is 1. The molecule has 0 bridgehead atoms. The molecule has 0 saturated heterocycles. The molecule has 0 unspecified atom stereocenters. The first-order chi connectivity index (χ1) is 13.1. The van der Waals surface area contributed by atoms with Crippen molar-refractivity contribution < 1.29 is 4.79 Å². The van der Waals surface area contributed by atoms with Gasteiger partial charge in [0.05, 0.1) is 28.5 Å². The molecule has 136 valence electrons. The summed E-state index contributed by atoms with van der Waals surface area (Å²) in [7, 11) is 3.44. The Hall–Kier alpha value is -3.88. The number of para-hydroxylation sites is 1. The fraction of sp³-hybridized carbons (Fsp3) is 0.111. The molecule has 9 heteroatoms. The van der Waals surface area contributed by atoms with Gasteiger partial charge < -0.3 is 20.9 Å². The summed E-state index contributed by atoms with van der Waals surface area (Å²) in [5, 5.41) is 14.0. The average molecular weight is 362 g/mol. The number of anilines is 4. The van der Waals surface area contributed by atoms with Gasteiger partial charge in [-0.2, -0.15) is 15.1 Å². The number of carbonyl (C=O) groups is 1. The molecular formula is C18H18N8O. The molecule has 0 saturated carbocycles. The van der Waals surface area contributed by atoms with Gasteiger partial charge in [-0.05, 0) is 18.2 Å². The Morgan fingerprint density at radius 2 is 2.00 bits per heavy atom. The molecule has 4 N–H and O–H groups in total. The standard InChI is InChI=1S/C18H18N8O/c1-19-17(27)12-5-3-4-6-14(12)23-16-13-7-8-20-15(13)24-18(25-16)22-11-9-21-26(2)10-11/h3-10H,1-2H3,(H,19,27)(H3,20,22,23,24,25). The first-order valence-corrected chi connectivity index (χ1v) is 8.33. The van der Waals surface area contributed by atoms with E-state index < -0.39 is 0 Å². The average Bonchev–Trinajstić information content (AvgIpc) is 3.30. The monoisotopic (exact) mass is 362 g/mol. The highest BCUT2D eigenvalue weighted by molar-refractivity contribution is 6.01. The van der Waals surface area contributed by atoms with Crippen LogP contribution in [0, 0.1) is 0 Å². The summed E-state index contributed by atoms with van der Waals surface area (Å²) in [5.74, 6) is 0.827. The largest absolute Gasteiger partial charge is 0.355 e. The molecule has 0 spiro atoms. The van der Waals surface area contributed by atoms with E-state index in [9.17, 15) is 4.79 Å². The summed E-state index contributed by atoms with van der Waals surface area (Å²) in [6.45, 7) is 0. The Morgan fingerprint density at radius 3 is 2.78 bits per heavy atom. The second-order valence-corrected chi connectivity index (χ2v) is 5.91. The molecule has 0 aliphatic heterocycles. The second kappa shape index (κ2) is 6.79. The molecule has 0 fully saturated rings. The molecule has 1 aromatic carbocycles. The number of nitrogens with one attached hydrogen (secondary N) is 4. The smallest absolute Gasteiger partial charge is 0.253 e. The quantitative estimate of drug-likeness (QED) is 0.434. The minimum Gasteiger partial charge on any atom is -0.355 e. The van der Waals surface area contributed by atoms with Gasteiger partial charge in [-0.3, -0.25) is 9.48 Å². The Balaban J connectivity index is 1.73. The van der Waals surface area contributed by atoms with Crippen LogP contribution in [0.1, 0.15) is 10.4 Å². The molecule has 3 heterocycles. The number of aryl methyl sites for hydroxylation is 1. The van der Waals surface area contributed by atoms with Crippen LogP contribution in [0.3, 0.4) is 0 Å². The Morgan fingerprint density at radius 1 is 1.15 bits per heavy atom. The van der Waals surface area contributed by atoms with Crippen molar-refractivity contribution >= 4 is 40.1 Å². The number of carbonyl (C=O) groups excluding carboxylic acids is 1. The number of hydrogen-bond donors (Lipinski definition) is 4. The zero-order chi connectivity index (χ0) is 18.8. The fourth-order valence-electron chi connectivity index (χ4n) is 2.76. The highest BCUT2D eigenvalue weighted by Crippen LogP contribution is 2.27. The number of rotatable bonds is 5. The summed E-state index contributed by atoms with van der Waals surface area (Å²) in [5.41, 5.74) is 2.64. The van der Waals surface area contributed by atoms with Gasteiger partial charge in [0.2, 0.25) is 5.95 Å². The lowest BCUT2D eigenvalue weighted by Crippen LogP contribution is -2.19. The normalized spacial score (nSPS) is 10.7. The number of nitrogens with zero attached hydrogens (tertiary/aromatic N) is 4. The van der Waals surface area contributed by atoms with Gasteiger partial charge in [0.15, 0.2) is 0 Å². The van der Waals surface area contributed by atoms with E-state index >= 15 is 0 Å². The van der Waals surface area contributed by atoms with Gasteiger partial charge in [-0.15, -0.1) is 0 Å². The van der Waals surface area contributed by atoms with Gasteiger partial charge in [-0.25, -0.2) is 0 Å². The van der Waals surface area contributed by atoms with Crippen molar-refractivity contribution in [2.45, 2.75) is 0 Å². The van der Waals surface area contributed by atoms with Crippen LogP contribution in [0.15, 0.2) is 48.9 Å². The van der Waals surface area contributed by atoms with E-state index in [0.29, 0.717) is 28.7 Å². The summed E-state index contributed by atoms with van der Waals surface area (Å²) in [6, 6.07) is 9.15. The van der Waals surface area contributed by atoms with Crippen LogP contribution >= 0.6 is 0 Å². The van der Waals surface area contributed by atoms with E-state index in [1.54, 1.807) is 30.2 Å². The molecule has 9 nitrogen and oxygen atoms in total. The van der Waals surface area contributed by atoms with Gasteiger partial charge in [0, 0.05) is 26.5 Å². The minimum absolute atomic E-state index is 0.175. The zero-order valence-corrected chi connectivity index (χ0v) is 14.8. The third-order valence-corrected chi connectivity index (χ3v) is 4.03. The van der Waals surface area contributed by atoms with Gasteiger partial charge in [0.25, 0.3) is 5.91 Å². The van der Waals surface area contributed by atoms with Crippen molar-refractivity contribution in [1.29, 1.82) is 0 Å². The summed E-state index contributed by atoms with van der Waals surface area (Å²) < 4.78 is 1.69. The van der Waals surface area contributed by atoms with Crippen LogP contribution in [0.2, 0.25) is 0 Å². The molecule has 0 atom stereocenters. The molecule has 4 rings (SSSR count). The topological polar surface area (TPSA) is 113 Å². The lowest BCUT2D eigenvalue weighted by Gasteiger charge is -2.12.